The summed E-state index contributed by atoms with van der Waals surface area (Å²) >= 11 is 7.54. The van der Waals surface area contributed by atoms with Crippen molar-refractivity contribution in [3.63, 3.8) is 0 Å². The third-order valence-electron chi connectivity index (χ3n) is 3.60. The molecule has 0 bridgehead atoms. The minimum atomic E-state index is -0.00125. The average molecular weight is 334 g/mol. The Labute approximate surface area is 141 Å². The lowest BCUT2D eigenvalue weighted by atomic mass is 10.0. The van der Waals surface area contributed by atoms with Crippen LogP contribution in [0.4, 0.5) is 0 Å². The zero-order valence-electron chi connectivity index (χ0n) is 13.0. The van der Waals surface area contributed by atoms with E-state index < -0.39 is 0 Å². The molecule has 0 saturated carbocycles. The van der Waals surface area contributed by atoms with Gasteiger partial charge in [-0.3, -0.25) is 4.79 Å². The van der Waals surface area contributed by atoms with Crippen LogP contribution in [-0.4, -0.2) is 11.7 Å². The van der Waals surface area contributed by atoms with Gasteiger partial charge in [0, 0.05) is 4.90 Å². The van der Waals surface area contributed by atoms with Gasteiger partial charge in [0.2, 0.25) is 5.91 Å². The van der Waals surface area contributed by atoms with Crippen molar-refractivity contribution in [2.45, 2.75) is 31.7 Å². The molecule has 116 valence electrons. The Balaban J connectivity index is 1.91. The van der Waals surface area contributed by atoms with E-state index in [1.807, 2.05) is 31.2 Å². The largest absolute Gasteiger partial charge is 0.349 e. The summed E-state index contributed by atoms with van der Waals surface area (Å²) < 4.78 is 0. The van der Waals surface area contributed by atoms with Crippen molar-refractivity contribution in [3.8, 4) is 0 Å². The molecule has 0 radical (unpaired) electrons. The van der Waals surface area contributed by atoms with E-state index in [1.54, 1.807) is 0 Å². The van der Waals surface area contributed by atoms with Crippen molar-refractivity contribution >= 4 is 29.3 Å². The maximum Gasteiger partial charge on any atom is 0.230 e. The SMILES string of the molecule is Cc1ccc([C@@H](C)NC(=O)CSc2ccccc2Cl)cc1C. The van der Waals surface area contributed by atoms with E-state index in [9.17, 15) is 4.79 Å². The first-order valence-electron chi connectivity index (χ1n) is 7.21. The number of aryl methyl sites for hydroxylation is 2. The van der Waals surface area contributed by atoms with Crippen molar-refractivity contribution in [2.24, 2.45) is 0 Å². The van der Waals surface area contributed by atoms with Crippen LogP contribution >= 0.6 is 23.4 Å². The summed E-state index contributed by atoms with van der Waals surface area (Å²) in [7, 11) is 0. The molecule has 4 heteroatoms. The Morgan fingerprint density at radius 3 is 2.59 bits per heavy atom. The zero-order chi connectivity index (χ0) is 16.1. The third-order valence-corrected chi connectivity index (χ3v) is 5.12. The van der Waals surface area contributed by atoms with Gasteiger partial charge in [0.15, 0.2) is 0 Å². The summed E-state index contributed by atoms with van der Waals surface area (Å²) in [6.45, 7) is 6.17. The topological polar surface area (TPSA) is 29.1 Å². The van der Waals surface area contributed by atoms with Gasteiger partial charge in [0.05, 0.1) is 16.8 Å². The fraction of sp³-hybridized carbons (Fsp3) is 0.278. The predicted molar refractivity (Wildman–Crippen MR) is 94.6 cm³/mol. The average Bonchev–Trinajstić information content (AvgIpc) is 2.49. The molecule has 0 unspecified atom stereocenters. The van der Waals surface area contributed by atoms with Crippen molar-refractivity contribution in [2.75, 3.05) is 5.75 Å². The van der Waals surface area contributed by atoms with Crippen LogP contribution in [0, 0.1) is 13.8 Å². The van der Waals surface area contributed by atoms with E-state index in [1.165, 1.54) is 22.9 Å². The Bertz CT molecular complexity index is 672. The van der Waals surface area contributed by atoms with Gasteiger partial charge in [0.1, 0.15) is 0 Å². The fourth-order valence-electron chi connectivity index (χ4n) is 2.11. The number of amides is 1. The normalized spacial score (nSPS) is 12.0. The zero-order valence-corrected chi connectivity index (χ0v) is 14.6. The molecule has 0 aliphatic rings. The summed E-state index contributed by atoms with van der Waals surface area (Å²) in [5, 5.41) is 3.71. The monoisotopic (exact) mass is 333 g/mol. The number of carbonyl (C=O) groups is 1. The summed E-state index contributed by atoms with van der Waals surface area (Å²) in [6, 6.07) is 13.8. The molecule has 2 rings (SSSR count). The smallest absolute Gasteiger partial charge is 0.230 e. The van der Waals surface area contributed by atoms with Gasteiger partial charge >= 0.3 is 0 Å². The van der Waals surface area contributed by atoms with Crippen LogP contribution in [0.5, 0.6) is 0 Å². The van der Waals surface area contributed by atoms with E-state index >= 15 is 0 Å². The summed E-state index contributed by atoms with van der Waals surface area (Å²) in [4.78, 5) is 13.0. The van der Waals surface area contributed by atoms with Crippen LogP contribution in [0.3, 0.4) is 0 Å². The first kappa shape index (κ1) is 16.9. The van der Waals surface area contributed by atoms with E-state index in [4.69, 9.17) is 11.6 Å². The number of nitrogens with one attached hydrogen (secondary N) is 1. The number of rotatable bonds is 5. The van der Waals surface area contributed by atoms with Gasteiger partial charge in [-0.1, -0.05) is 41.9 Å². The Hall–Kier alpha value is -1.45. The Morgan fingerprint density at radius 1 is 1.18 bits per heavy atom. The highest BCUT2D eigenvalue weighted by molar-refractivity contribution is 8.00. The van der Waals surface area contributed by atoms with Crippen LogP contribution in [-0.2, 0) is 4.79 Å². The lowest BCUT2D eigenvalue weighted by Gasteiger charge is -2.15. The molecule has 2 aromatic rings. The summed E-state index contributed by atoms with van der Waals surface area (Å²) in [5.41, 5.74) is 3.62. The number of halogens is 1. The standard InChI is InChI=1S/C18H20ClNOS/c1-12-8-9-15(10-13(12)2)14(3)20-18(21)11-22-17-7-5-4-6-16(17)19/h4-10,14H,11H2,1-3H3,(H,20,21)/t14-/m1/s1. The minimum Gasteiger partial charge on any atom is -0.349 e. The van der Waals surface area contributed by atoms with Crippen molar-refractivity contribution < 1.29 is 4.79 Å². The molecule has 0 saturated heterocycles. The number of thioether (sulfide) groups is 1. The van der Waals surface area contributed by atoms with Crippen LogP contribution < -0.4 is 5.32 Å². The van der Waals surface area contributed by atoms with Gasteiger partial charge in [-0.2, -0.15) is 0 Å². The van der Waals surface area contributed by atoms with E-state index in [2.05, 4.69) is 37.4 Å². The molecular formula is C18H20ClNOS. The quantitative estimate of drug-likeness (QED) is 0.786. The highest BCUT2D eigenvalue weighted by atomic mass is 35.5. The molecule has 0 aliphatic carbocycles. The fourth-order valence-corrected chi connectivity index (χ4v) is 3.16. The number of benzene rings is 2. The highest BCUT2D eigenvalue weighted by Gasteiger charge is 2.11. The lowest BCUT2D eigenvalue weighted by Crippen LogP contribution is -2.28. The van der Waals surface area contributed by atoms with Crippen LogP contribution in [0.15, 0.2) is 47.4 Å². The molecule has 1 amide bonds. The Kier molecular flexibility index (Phi) is 5.92. The number of hydrogen-bond donors (Lipinski definition) is 1. The molecule has 0 fully saturated rings. The van der Waals surface area contributed by atoms with Gasteiger partial charge < -0.3 is 5.32 Å². The molecular weight excluding hydrogens is 314 g/mol. The predicted octanol–water partition coefficient (Wildman–Crippen LogP) is 4.93. The molecule has 0 heterocycles. The van der Waals surface area contributed by atoms with Crippen LogP contribution in [0.25, 0.3) is 0 Å². The van der Waals surface area contributed by atoms with E-state index in [-0.39, 0.29) is 11.9 Å². The van der Waals surface area contributed by atoms with E-state index in [0.29, 0.717) is 10.8 Å². The van der Waals surface area contributed by atoms with Gasteiger partial charge in [0.25, 0.3) is 0 Å². The maximum atomic E-state index is 12.1. The number of hydrogen-bond acceptors (Lipinski definition) is 2. The summed E-state index contributed by atoms with van der Waals surface area (Å²) in [5.74, 6) is 0.370. The van der Waals surface area contributed by atoms with Crippen molar-refractivity contribution in [3.05, 3.63) is 64.2 Å². The molecule has 0 aliphatic heterocycles. The minimum absolute atomic E-state index is 0.00125. The van der Waals surface area contributed by atoms with Crippen molar-refractivity contribution in [1.82, 2.24) is 5.32 Å². The van der Waals surface area contributed by atoms with Gasteiger partial charge in [-0.05, 0) is 49.6 Å². The third kappa shape index (κ3) is 4.52. The van der Waals surface area contributed by atoms with Gasteiger partial charge in [-0.25, -0.2) is 0 Å². The Morgan fingerprint density at radius 2 is 1.91 bits per heavy atom. The van der Waals surface area contributed by atoms with E-state index in [0.717, 1.165) is 10.5 Å². The first-order valence-corrected chi connectivity index (χ1v) is 8.57. The molecule has 0 spiro atoms. The molecule has 2 aromatic carbocycles. The van der Waals surface area contributed by atoms with Crippen LogP contribution in [0.2, 0.25) is 5.02 Å². The lowest BCUT2D eigenvalue weighted by molar-refractivity contribution is -0.119. The second-order valence-corrected chi connectivity index (χ2v) is 6.78. The van der Waals surface area contributed by atoms with Crippen molar-refractivity contribution in [1.29, 1.82) is 0 Å². The molecule has 2 nitrogen and oxygen atoms in total. The molecule has 1 atom stereocenters. The first-order chi connectivity index (χ1) is 10.5. The number of carbonyl (C=O) groups excluding carboxylic acids is 1. The van der Waals surface area contributed by atoms with Crippen LogP contribution in [0.1, 0.15) is 29.7 Å². The molecule has 22 heavy (non-hydrogen) atoms. The second kappa shape index (κ2) is 7.70. The summed E-state index contributed by atoms with van der Waals surface area (Å²) in [6.07, 6.45) is 0. The van der Waals surface area contributed by atoms with Gasteiger partial charge in [-0.15, -0.1) is 11.8 Å². The molecule has 0 aromatic heterocycles. The maximum absolute atomic E-state index is 12.1. The second-order valence-electron chi connectivity index (χ2n) is 5.35. The highest BCUT2D eigenvalue weighted by Crippen LogP contribution is 2.26. The molecule has 1 N–H and O–H groups in total.